The van der Waals surface area contributed by atoms with Crippen LogP contribution in [0.2, 0.25) is 0 Å². The molecule has 0 aromatic heterocycles. The molecule has 0 spiro atoms. The Hall–Kier alpha value is -1.60. The Morgan fingerprint density at radius 1 is 1.45 bits per heavy atom. The Labute approximate surface area is 120 Å². The zero-order chi connectivity index (χ0) is 14.4. The molecule has 3 nitrogen and oxygen atoms in total. The largest absolute Gasteiger partial charge is 0.368 e. The molecular formula is C16H22FN3. The third kappa shape index (κ3) is 3.71. The minimum absolute atomic E-state index is 0.298. The van der Waals surface area contributed by atoms with Crippen molar-refractivity contribution in [2.45, 2.75) is 38.6 Å². The summed E-state index contributed by atoms with van der Waals surface area (Å²) in [5, 5.41) is 12.3. The van der Waals surface area contributed by atoms with Crippen LogP contribution in [0.25, 0.3) is 0 Å². The molecule has 0 bridgehead atoms. The van der Waals surface area contributed by atoms with Crippen LogP contribution in [0.4, 0.5) is 10.1 Å². The van der Waals surface area contributed by atoms with E-state index in [1.165, 1.54) is 18.9 Å². The fraction of sp³-hybridized carbons (Fsp3) is 0.562. The number of hydrogen-bond acceptors (Lipinski definition) is 3. The lowest BCUT2D eigenvalue weighted by Crippen LogP contribution is -2.44. The van der Waals surface area contributed by atoms with Gasteiger partial charge in [0.2, 0.25) is 0 Å². The van der Waals surface area contributed by atoms with Crippen LogP contribution in [0.15, 0.2) is 18.2 Å². The average Bonchev–Trinajstić information content (AvgIpc) is 2.48. The van der Waals surface area contributed by atoms with Gasteiger partial charge >= 0.3 is 0 Å². The first-order valence-corrected chi connectivity index (χ1v) is 7.42. The van der Waals surface area contributed by atoms with Crippen LogP contribution >= 0.6 is 0 Å². The summed E-state index contributed by atoms with van der Waals surface area (Å²) >= 11 is 0. The number of nitrogens with one attached hydrogen (secondary N) is 1. The van der Waals surface area contributed by atoms with Gasteiger partial charge in [0.25, 0.3) is 0 Å². The van der Waals surface area contributed by atoms with E-state index in [1.807, 2.05) is 6.07 Å². The summed E-state index contributed by atoms with van der Waals surface area (Å²) in [5.41, 5.74) is 0.983. The van der Waals surface area contributed by atoms with E-state index in [-0.39, 0.29) is 5.82 Å². The highest BCUT2D eigenvalue weighted by Gasteiger charge is 2.18. The summed E-state index contributed by atoms with van der Waals surface area (Å²) < 4.78 is 14.2. The zero-order valence-corrected chi connectivity index (χ0v) is 12.0. The minimum Gasteiger partial charge on any atom is -0.368 e. The van der Waals surface area contributed by atoms with Gasteiger partial charge in [-0.15, -0.1) is 0 Å². The molecule has 1 N–H and O–H groups in total. The summed E-state index contributed by atoms with van der Waals surface area (Å²) in [6, 6.07) is 7.16. The molecule has 108 valence electrons. The van der Waals surface area contributed by atoms with Gasteiger partial charge in [-0.1, -0.05) is 13.3 Å². The summed E-state index contributed by atoms with van der Waals surface area (Å²) in [4.78, 5) is 2.10. The van der Waals surface area contributed by atoms with Gasteiger partial charge in [-0.2, -0.15) is 5.26 Å². The molecule has 1 unspecified atom stereocenters. The number of nitrogens with zero attached hydrogens (tertiary/aromatic N) is 2. The van der Waals surface area contributed by atoms with Crippen molar-refractivity contribution in [1.29, 1.82) is 5.26 Å². The van der Waals surface area contributed by atoms with Crippen LogP contribution in [0.3, 0.4) is 0 Å². The molecule has 1 aromatic carbocycles. The standard InChI is InChI=1S/C16H22FN3/c1-2-9-20(12-14-5-3-4-8-19-14)16-7-6-13(11-18)10-15(16)17/h6-7,10,14,19H,2-5,8-9,12H2,1H3. The normalized spacial score (nSPS) is 18.6. The summed E-state index contributed by atoms with van der Waals surface area (Å²) in [5.74, 6) is -0.298. The van der Waals surface area contributed by atoms with Crippen molar-refractivity contribution in [1.82, 2.24) is 5.32 Å². The smallest absolute Gasteiger partial charge is 0.147 e. The molecule has 2 rings (SSSR count). The molecule has 1 aromatic rings. The number of rotatable bonds is 5. The molecule has 0 aliphatic carbocycles. The molecule has 20 heavy (non-hydrogen) atoms. The second kappa shape index (κ2) is 7.25. The molecule has 1 fully saturated rings. The van der Waals surface area contributed by atoms with Gasteiger partial charge in [0, 0.05) is 19.1 Å². The quantitative estimate of drug-likeness (QED) is 0.897. The predicted molar refractivity (Wildman–Crippen MR) is 79.3 cm³/mol. The van der Waals surface area contributed by atoms with Crippen molar-refractivity contribution in [3.8, 4) is 6.07 Å². The van der Waals surface area contributed by atoms with Gasteiger partial charge in [-0.25, -0.2) is 4.39 Å². The second-order valence-corrected chi connectivity index (χ2v) is 5.37. The van der Waals surface area contributed by atoms with Crippen molar-refractivity contribution in [3.63, 3.8) is 0 Å². The first kappa shape index (κ1) is 14.8. The summed E-state index contributed by atoms with van der Waals surface area (Å²) in [7, 11) is 0. The molecule has 1 heterocycles. The summed E-state index contributed by atoms with van der Waals surface area (Å²) in [6.07, 6.45) is 4.60. The van der Waals surface area contributed by atoms with Crippen molar-refractivity contribution in [2.24, 2.45) is 0 Å². The van der Waals surface area contributed by atoms with Crippen LogP contribution in [0.5, 0.6) is 0 Å². The van der Waals surface area contributed by atoms with E-state index >= 15 is 0 Å². The predicted octanol–water partition coefficient (Wildman–Crippen LogP) is 3.06. The highest BCUT2D eigenvalue weighted by molar-refractivity contribution is 5.51. The Kier molecular flexibility index (Phi) is 5.37. The number of halogens is 1. The van der Waals surface area contributed by atoms with Crippen molar-refractivity contribution in [2.75, 3.05) is 24.5 Å². The van der Waals surface area contributed by atoms with E-state index in [0.29, 0.717) is 17.3 Å². The van der Waals surface area contributed by atoms with Crippen LogP contribution < -0.4 is 10.2 Å². The first-order valence-electron chi connectivity index (χ1n) is 7.42. The van der Waals surface area contributed by atoms with Gasteiger partial charge in [0.15, 0.2) is 0 Å². The third-order valence-electron chi connectivity index (χ3n) is 3.76. The number of benzene rings is 1. The number of hydrogen-bond donors (Lipinski definition) is 1. The molecule has 0 amide bonds. The maximum atomic E-state index is 14.2. The lowest BCUT2D eigenvalue weighted by Gasteiger charge is -2.32. The zero-order valence-electron chi connectivity index (χ0n) is 12.0. The van der Waals surface area contributed by atoms with E-state index in [0.717, 1.165) is 32.5 Å². The van der Waals surface area contributed by atoms with E-state index in [1.54, 1.807) is 12.1 Å². The third-order valence-corrected chi connectivity index (χ3v) is 3.76. The lowest BCUT2D eigenvalue weighted by atomic mass is 10.0. The van der Waals surface area contributed by atoms with Gasteiger partial charge in [-0.05, 0) is 44.0 Å². The Morgan fingerprint density at radius 2 is 2.30 bits per heavy atom. The van der Waals surface area contributed by atoms with Crippen LogP contribution in [-0.4, -0.2) is 25.7 Å². The lowest BCUT2D eigenvalue weighted by molar-refractivity contribution is 0.398. The Morgan fingerprint density at radius 3 is 2.90 bits per heavy atom. The molecular weight excluding hydrogens is 253 g/mol. The monoisotopic (exact) mass is 275 g/mol. The Bertz CT molecular complexity index is 475. The molecule has 1 aliphatic heterocycles. The fourth-order valence-corrected chi connectivity index (χ4v) is 2.76. The topological polar surface area (TPSA) is 39.1 Å². The van der Waals surface area contributed by atoms with Crippen molar-refractivity contribution < 1.29 is 4.39 Å². The maximum Gasteiger partial charge on any atom is 0.147 e. The molecule has 1 atom stereocenters. The van der Waals surface area contributed by atoms with Crippen LogP contribution in [0.1, 0.15) is 38.2 Å². The maximum absolute atomic E-state index is 14.2. The Balaban J connectivity index is 2.12. The van der Waals surface area contributed by atoms with E-state index in [4.69, 9.17) is 5.26 Å². The number of anilines is 1. The fourth-order valence-electron chi connectivity index (χ4n) is 2.76. The minimum atomic E-state index is -0.298. The molecule has 1 aliphatic rings. The van der Waals surface area contributed by atoms with E-state index in [9.17, 15) is 4.39 Å². The number of piperidine rings is 1. The van der Waals surface area contributed by atoms with E-state index in [2.05, 4.69) is 17.1 Å². The SMILES string of the molecule is CCCN(CC1CCCCN1)c1ccc(C#N)cc1F. The molecule has 0 radical (unpaired) electrons. The van der Waals surface area contributed by atoms with Crippen molar-refractivity contribution in [3.05, 3.63) is 29.6 Å². The highest BCUT2D eigenvalue weighted by Crippen LogP contribution is 2.22. The number of nitriles is 1. The average molecular weight is 275 g/mol. The summed E-state index contributed by atoms with van der Waals surface area (Å²) in [6.45, 7) is 4.82. The molecule has 0 saturated carbocycles. The first-order chi connectivity index (χ1) is 9.74. The van der Waals surface area contributed by atoms with Gasteiger partial charge in [0.1, 0.15) is 5.82 Å². The van der Waals surface area contributed by atoms with Crippen LogP contribution in [0, 0.1) is 17.1 Å². The van der Waals surface area contributed by atoms with E-state index < -0.39 is 0 Å². The van der Waals surface area contributed by atoms with Gasteiger partial charge in [-0.3, -0.25) is 0 Å². The van der Waals surface area contributed by atoms with Gasteiger partial charge < -0.3 is 10.2 Å². The molecule has 1 saturated heterocycles. The second-order valence-electron chi connectivity index (χ2n) is 5.37. The van der Waals surface area contributed by atoms with Crippen molar-refractivity contribution >= 4 is 5.69 Å². The van der Waals surface area contributed by atoms with Crippen LogP contribution in [-0.2, 0) is 0 Å². The van der Waals surface area contributed by atoms with Gasteiger partial charge in [0.05, 0.1) is 17.3 Å². The molecule has 4 heteroatoms. The highest BCUT2D eigenvalue weighted by atomic mass is 19.1.